The Morgan fingerprint density at radius 3 is 2.43 bits per heavy atom. The summed E-state index contributed by atoms with van der Waals surface area (Å²) in [5.74, 6) is -0.0236. The largest absolute Gasteiger partial charge is 0.349 e. The quantitative estimate of drug-likeness (QED) is 0.869. The van der Waals surface area contributed by atoms with E-state index < -0.39 is 0 Å². The lowest BCUT2D eigenvalue weighted by atomic mass is 10.0. The molecule has 0 radical (unpaired) electrons. The van der Waals surface area contributed by atoms with Gasteiger partial charge < -0.3 is 15.5 Å². The molecule has 0 bridgehead atoms. The van der Waals surface area contributed by atoms with Gasteiger partial charge in [0.05, 0.1) is 12.5 Å². The maximum Gasteiger partial charge on any atom is 0.225 e. The minimum Gasteiger partial charge on any atom is -0.349 e. The van der Waals surface area contributed by atoms with E-state index in [1.807, 2.05) is 36.1 Å². The van der Waals surface area contributed by atoms with Gasteiger partial charge in [0.15, 0.2) is 0 Å². The number of piperazine rings is 1. The zero-order chi connectivity index (χ0) is 15.2. The Bertz CT molecular complexity index is 493. The van der Waals surface area contributed by atoms with Crippen molar-refractivity contribution < 1.29 is 9.59 Å². The monoisotopic (exact) mass is 289 g/mol. The summed E-state index contributed by atoms with van der Waals surface area (Å²) < 4.78 is 0. The average molecular weight is 289 g/mol. The molecule has 0 aromatic heterocycles. The topological polar surface area (TPSA) is 61.4 Å². The molecule has 1 saturated heterocycles. The molecule has 1 unspecified atom stereocenters. The molecule has 5 nitrogen and oxygen atoms in total. The van der Waals surface area contributed by atoms with E-state index in [2.05, 4.69) is 10.6 Å². The molecule has 0 saturated carbocycles. The molecule has 5 heteroatoms. The predicted octanol–water partition coefficient (Wildman–Crippen LogP) is 0.994. The summed E-state index contributed by atoms with van der Waals surface area (Å²) in [7, 11) is 0. The van der Waals surface area contributed by atoms with E-state index in [-0.39, 0.29) is 17.9 Å². The number of hydrogen-bond donors (Lipinski definition) is 2. The number of aryl methyl sites for hydroxylation is 1. The zero-order valence-corrected chi connectivity index (χ0v) is 12.7. The van der Waals surface area contributed by atoms with Gasteiger partial charge in [-0.3, -0.25) is 9.59 Å². The van der Waals surface area contributed by atoms with Gasteiger partial charge in [0.25, 0.3) is 0 Å². The van der Waals surface area contributed by atoms with E-state index in [0.717, 1.165) is 37.3 Å². The van der Waals surface area contributed by atoms with E-state index in [1.54, 1.807) is 0 Å². The van der Waals surface area contributed by atoms with Crippen LogP contribution in [0, 0.1) is 6.92 Å². The van der Waals surface area contributed by atoms with Gasteiger partial charge in [-0.05, 0) is 12.5 Å². The average Bonchev–Trinajstić information content (AvgIpc) is 2.48. The number of amides is 2. The second kappa shape index (κ2) is 7.22. The van der Waals surface area contributed by atoms with Crippen molar-refractivity contribution >= 4 is 11.8 Å². The van der Waals surface area contributed by atoms with E-state index in [9.17, 15) is 9.59 Å². The van der Waals surface area contributed by atoms with Crippen LogP contribution in [0.1, 0.15) is 30.5 Å². The Balaban J connectivity index is 2.06. The molecule has 1 fully saturated rings. The van der Waals surface area contributed by atoms with Crippen molar-refractivity contribution in [3.8, 4) is 0 Å². The molecular weight excluding hydrogens is 266 g/mol. The fourth-order valence-electron chi connectivity index (χ4n) is 2.51. The summed E-state index contributed by atoms with van der Waals surface area (Å²) in [4.78, 5) is 25.6. The van der Waals surface area contributed by atoms with Crippen LogP contribution in [0.5, 0.6) is 0 Å². The number of hydrogen-bond acceptors (Lipinski definition) is 3. The highest BCUT2D eigenvalue weighted by Gasteiger charge is 2.22. The molecule has 1 heterocycles. The van der Waals surface area contributed by atoms with Crippen LogP contribution >= 0.6 is 0 Å². The third-order valence-electron chi connectivity index (χ3n) is 3.71. The van der Waals surface area contributed by atoms with Gasteiger partial charge in [-0.25, -0.2) is 0 Å². The number of nitrogens with one attached hydrogen (secondary N) is 2. The first-order chi connectivity index (χ1) is 10.1. The zero-order valence-electron chi connectivity index (χ0n) is 12.7. The number of nitrogens with zero attached hydrogens (tertiary/aromatic N) is 1. The van der Waals surface area contributed by atoms with Crippen molar-refractivity contribution in [1.82, 2.24) is 15.5 Å². The number of carbonyl (C=O) groups excluding carboxylic acids is 2. The summed E-state index contributed by atoms with van der Waals surface area (Å²) in [6, 6.07) is 7.69. The maximum absolute atomic E-state index is 12.4. The number of rotatable bonds is 4. The van der Waals surface area contributed by atoms with Crippen LogP contribution in [0.15, 0.2) is 24.3 Å². The highest BCUT2D eigenvalue weighted by Crippen LogP contribution is 2.19. The van der Waals surface area contributed by atoms with E-state index in [0.29, 0.717) is 6.42 Å². The van der Waals surface area contributed by atoms with Crippen molar-refractivity contribution in [3.05, 3.63) is 35.4 Å². The van der Waals surface area contributed by atoms with Crippen molar-refractivity contribution in [3.63, 3.8) is 0 Å². The van der Waals surface area contributed by atoms with Gasteiger partial charge in [-0.2, -0.15) is 0 Å². The first kappa shape index (κ1) is 15.5. The SMILES string of the molecule is CC(=O)NC(CC(=O)N1CCNCC1)c1ccc(C)cc1. The molecule has 1 aliphatic rings. The van der Waals surface area contributed by atoms with E-state index >= 15 is 0 Å². The minimum absolute atomic E-state index is 0.0934. The molecule has 1 aromatic rings. The van der Waals surface area contributed by atoms with Gasteiger partial charge >= 0.3 is 0 Å². The molecule has 1 aromatic carbocycles. The van der Waals surface area contributed by atoms with Crippen molar-refractivity contribution in [2.24, 2.45) is 0 Å². The number of carbonyl (C=O) groups is 2. The van der Waals surface area contributed by atoms with Gasteiger partial charge in [0, 0.05) is 33.1 Å². The summed E-state index contributed by atoms with van der Waals surface area (Å²) in [6.45, 7) is 6.64. The maximum atomic E-state index is 12.4. The molecular formula is C16H23N3O2. The molecule has 2 rings (SSSR count). The van der Waals surface area contributed by atoms with Crippen LogP contribution in [-0.4, -0.2) is 42.9 Å². The fourth-order valence-corrected chi connectivity index (χ4v) is 2.51. The van der Waals surface area contributed by atoms with Crippen molar-refractivity contribution in [2.75, 3.05) is 26.2 Å². The summed E-state index contributed by atoms with van der Waals surface area (Å²) in [5.41, 5.74) is 2.13. The fraction of sp³-hybridized carbons (Fsp3) is 0.500. The van der Waals surface area contributed by atoms with Crippen LogP contribution in [0.3, 0.4) is 0 Å². The second-order valence-corrected chi connectivity index (χ2v) is 5.50. The van der Waals surface area contributed by atoms with Crippen LogP contribution in [-0.2, 0) is 9.59 Å². The smallest absolute Gasteiger partial charge is 0.225 e. The lowest BCUT2D eigenvalue weighted by molar-refractivity contribution is -0.132. The van der Waals surface area contributed by atoms with Gasteiger partial charge in [0.1, 0.15) is 0 Å². The van der Waals surface area contributed by atoms with Crippen LogP contribution in [0.4, 0.5) is 0 Å². The highest BCUT2D eigenvalue weighted by molar-refractivity contribution is 5.79. The first-order valence-corrected chi connectivity index (χ1v) is 7.38. The predicted molar refractivity (Wildman–Crippen MR) is 81.8 cm³/mol. The summed E-state index contributed by atoms with van der Waals surface area (Å²) in [6.07, 6.45) is 0.308. The lowest BCUT2D eigenvalue weighted by Crippen LogP contribution is -2.47. The summed E-state index contributed by atoms with van der Waals surface area (Å²) in [5, 5.41) is 6.11. The normalized spacial score (nSPS) is 16.4. The first-order valence-electron chi connectivity index (χ1n) is 7.38. The molecule has 0 spiro atoms. The van der Waals surface area contributed by atoms with Crippen molar-refractivity contribution in [2.45, 2.75) is 26.3 Å². The lowest BCUT2D eigenvalue weighted by Gasteiger charge is -2.29. The standard InChI is InChI=1S/C16H23N3O2/c1-12-3-5-14(6-4-12)15(18-13(2)20)11-16(21)19-9-7-17-8-10-19/h3-6,15,17H,7-11H2,1-2H3,(H,18,20). The van der Waals surface area contributed by atoms with E-state index in [4.69, 9.17) is 0 Å². The Morgan fingerprint density at radius 2 is 1.86 bits per heavy atom. The highest BCUT2D eigenvalue weighted by atomic mass is 16.2. The van der Waals surface area contributed by atoms with Gasteiger partial charge in [0.2, 0.25) is 11.8 Å². The van der Waals surface area contributed by atoms with Crippen LogP contribution < -0.4 is 10.6 Å². The molecule has 1 atom stereocenters. The molecule has 1 aliphatic heterocycles. The number of benzene rings is 1. The second-order valence-electron chi connectivity index (χ2n) is 5.50. The molecule has 2 N–H and O–H groups in total. The molecule has 2 amide bonds. The van der Waals surface area contributed by atoms with Crippen molar-refractivity contribution in [1.29, 1.82) is 0 Å². The Kier molecular flexibility index (Phi) is 5.33. The van der Waals surface area contributed by atoms with Crippen LogP contribution in [0.2, 0.25) is 0 Å². The van der Waals surface area contributed by atoms with E-state index in [1.165, 1.54) is 6.92 Å². The van der Waals surface area contributed by atoms with Crippen LogP contribution in [0.25, 0.3) is 0 Å². The minimum atomic E-state index is -0.259. The Labute approximate surface area is 125 Å². The molecule has 21 heavy (non-hydrogen) atoms. The third kappa shape index (κ3) is 4.56. The molecule has 0 aliphatic carbocycles. The third-order valence-corrected chi connectivity index (χ3v) is 3.71. The molecule has 114 valence electrons. The Morgan fingerprint density at radius 1 is 1.24 bits per heavy atom. The van der Waals surface area contributed by atoms with Gasteiger partial charge in [-0.15, -0.1) is 0 Å². The van der Waals surface area contributed by atoms with Gasteiger partial charge in [-0.1, -0.05) is 29.8 Å². The Hall–Kier alpha value is -1.88. The summed E-state index contributed by atoms with van der Waals surface area (Å²) >= 11 is 0.